The van der Waals surface area contributed by atoms with E-state index in [1.807, 2.05) is 0 Å². The van der Waals surface area contributed by atoms with Gasteiger partial charge in [-0.05, 0) is 49.7 Å². The Morgan fingerprint density at radius 2 is 1.81 bits per heavy atom. The summed E-state index contributed by atoms with van der Waals surface area (Å²) in [4.78, 5) is 23.4. The van der Waals surface area contributed by atoms with Crippen LogP contribution in [0.5, 0.6) is 0 Å². The molecule has 5 heteroatoms. The third-order valence-corrected chi connectivity index (χ3v) is 3.19. The summed E-state index contributed by atoms with van der Waals surface area (Å²) in [6.45, 7) is 3.60. The molecule has 0 bridgehead atoms. The Bertz CT molecular complexity index is 723. The molecule has 0 saturated heterocycles. The van der Waals surface area contributed by atoms with Crippen molar-refractivity contribution >= 4 is 23.3 Å². The first-order chi connectivity index (χ1) is 9.88. The summed E-state index contributed by atoms with van der Waals surface area (Å²) < 4.78 is 0. The van der Waals surface area contributed by atoms with Crippen LogP contribution >= 0.6 is 0 Å². The first-order valence-electron chi connectivity index (χ1n) is 6.40. The fraction of sp³-hybridized carbons (Fsp3) is 0.125. The number of carboxylic acids is 1. The predicted octanol–water partition coefficient (Wildman–Crippen LogP) is 2.84. The van der Waals surface area contributed by atoms with Crippen LogP contribution in [0.4, 0.5) is 11.4 Å². The molecule has 0 spiro atoms. The van der Waals surface area contributed by atoms with Crippen molar-refractivity contribution in [3.8, 4) is 0 Å². The number of carboxylic acid groups (broad SMARTS) is 1. The van der Waals surface area contributed by atoms with E-state index in [-0.39, 0.29) is 17.2 Å². The predicted molar refractivity (Wildman–Crippen MR) is 81.7 cm³/mol. The summed E-state index contributed by atoms with van der Waals surface area (Å²) >= 11 is 0. The van der Waals surface area contributed by atoms with E-state index in [1.165, 1.54) is 6.07 Å². The van der Waals surface area contributed by atoms with Crippen LogP contribution in [0.15, 0.2) is 36.4 Å². The Balaban J connectivity index is 2.31. The molecule has 0 saturated carbocycles. The van der Waals surface area contributed by atoms with Gasteiger partial charge in [0.15, 0.2) is 0 Å². The first-order valence-corrected chi connectivity index (χ1v) is 6.40. The van der Waals surface area contributed by atoms with Gasteiger partial charge in [0.05, 0.1) is 11.3 Å². The quantitative estimate of drug-likeness (QED) is 0.756. The smallest absolute Gasteiger partial charge is 0.337 e. The number of anilines is 2. The molecule has 0 aromatic heterocycles. The maximum atomic E-state index is 12.2. The van der Waals surface area contributed by atoms with Crippen LogP contribution in [0.2, 0.25) is 0 Å². The van der Waals surface area contributed by atoms with Gasteiger partial charge >= 0.3 is 5.97 Å². The molecular weight excluding hydrogens is 268 g/mol. The van der Waals surface area contributed by atoms with Crippen LogP contribution in [0, 0.1) is 13.8 Å². The summed E-state index contributed by atoms with van der Waals surface area (Å²) in [5.74, 6) is -1.45. The van der Waals surface area contributed by atoms with Gasteiger partial charge in [0, 0.05) is 11.3 Å². The molecule has 108 valence electrons. The zero-order chi connectivity index (χ0) is 15.6. The molecule has 0 heterocycles. The Morgan fingerprint density at radius 3 is 2.43 bits per heavy atom. The van der Waals surface area contributed by atoms with E-state index < -0.39 is 5.97 Å². The molecule has 2 rings (SSSR count). The van der Waals surface area contributed by atoms with Crippen molar-refractivity contribution in [2.45, 2.75) is 13.8 Å². The van der Waals surface area contributed by atoms with Crippen LogP contribution in [-0.4, -0.2) is 17.0 Å². The number of carbonyl (C=O) groups is 2. The monoisotopic (exact) mass is 284 g/mol. The van der Waals surface area contributed by atoms with E-state index in [2.05, 4.69) is 5.32 Å². The molecule has 0 unspecified atom stereocenters. The normalized spacial score (nSPS) is 10.2. The van der Waals surface area contributed by atoms with Gasteiger partial charge in [-0.1, -0.05) is 11.6 Å². The van der Waals surface area contributed by atoms with Crippen LogP contribution < -0.4 is 11.1 Å². The third kappa shape index (κ3) is 3.20. The van der Waals surface area contributed by atoms with E-state index in [4.69, 9.17) is 5.73 Å². The second-order valence-corrected chi connectivity index (χ2v) is 4.88. The number of benzene rings is 2. The topological polar surface area (TPSA) is 92.4 Å². The van der Waals surface area contributed by atoms with Crippen LogP contribution in [0.3, 0.4) is 0 Å². The second-order valence-electron chi connectivity index (χ2n) is 4.88. The van der Waals surface area contributed by atoms with Gasteiger partial charge in [0.25, 0.3) is 5.91 Å². The number of hydrogen-bond acceptors (Lipinski definition) is 3. The molecule has 0 aliphatic carbocycles. The van der Waals surface area contributed by atoms with Crippen LogP contribution in [0.25, 0.3) is 0 Å². The molecule has 1 amide bonds. The highest BCUT2D eigenvalue weighted by atomic mass is 16.4. The molecule has 4 N–H and O–H groups in total. The molecule has 2 aromatic carbocycles. The average molecular weight is 284 g/mol. The lowest BCUT2D eigenvalue weighted by Gasteiger charge is -2.10. The Labute approximate surface area is 122 Å². The van der Waals surface area contributed by atoms with Gasteiger partial charge in [-0.3, -0.25) is 4.79 Å². The van der Waals surface area contributed by atoms with E-state index in [0.717, 1.165) is 11.1 Å². The molecule has 2 aromatic rings. The number of aryl methyl sites for hydroxylation is 2. The van der Waals surface area contributed by atoms with E-state index in [9.17, 15) is 14.7 Å². The van der Waals surface area contributed by atoms with Gasteiger partial charge < -0.3 is 16.2 Å². The van der Waals surface area contributed by atoms with Crippen LogP contribution in [0.1, 0.15) is 31.8 Å². The van der Waals surface area contributed by atoms with Gasteiger partial charge in [0.2, 0.25) is 0 Å². The van der Waals surface area contributed by atoms with Crippen molar-refractivity contribution < 1.29 is 14.7 Å². The summed E-state index contributed by atoms with van der Waals surface area (Å²) in [7, 11) is 0. The van der Waals surface area contributed by atoms with Crippen molar-refractivity contribution in [2.75, 3.05) is 11.1 Å². The van der Waals surface area contributed by atoms with Gasteiger partial charge in [-0.15, -0.1) is 0 Å². The largest absolute Gasteiger partial charge is 0.478 e. The molecule has 21 heavy (non-hydrogen) atoms. The lowest BCUT2D eigenvalue weighted by Crippen LogP contribution is -2.15. The number of rotatable bonds is 3. The standard InChI is InChI=1S/C16H16N2O3/c1-9-3-6-14(12(7-9)16(20)21)18-15(19)11-4-5-13(17)10(2)8-11/h3-8H,17H2,1-2H3,(H,18,19)(H,20,21). The van der Waals surface area contributed by atoms with Crippen LogP contribution in [-0.2, 0) is 0 Å². The summed E-state index contributed by atoms with van der Waals surface area (Å²) in [6.07, 6.45) is 0. The second kappa shape index (κ2) is 5.66. The lowest BCUT2D eigenvalue weighted by molar-refractivity contribution is 0.0698. The van der Waals surface area contributed by atoms with E-state index >= 15 is 0 Å². The highest BCUT2D eigenvalue weighted by molar-refractivity contribution is 6.08. The van der Waals surface area contributed by atoms with Gasteiger partial charge in [0.1, 0.15) is 0 Å². The number of aromatic carboxylic acids is 1. The minimum Gasteiger partial charge on any atom is -0.478 e. The minimum absolute atomic E-state index is 0.0653. The highest BCUT2D eigenvalue weighted by Gasteiger charge is 2.14. The third-order valence-electron chi connectivity index (χ3n) is 3.19. The van der Waals surface area contributed by atoms with Crippen molar-refractivity contribution in [1.29, 1.82) is 0 Å². The molecule has 0 radical (unpaired) electrons. The summed E-state index contributed by atoms with van der Waals surface area (Å²) in [5.41, 5.74) is 8.69. The molecule has 0 aliphatic rings. The van der Waals surface area contributed by atoms with Crippen molar-refractivity contribution in [3.05, 3.63) is 58.7 Å². The van der Waals surface area contributed by atoms with Gasteiger partial charge in [-0.25, -0.2) is 4.79 Å². The Morgan fingerprint density at radius 1 is 1.10 bits per heavy atom. The summed E-state index contributed by atoms with van der Waals surface area (Å²) in [6, 6.07) is 9.77. The zero-order valence-electron chi connectivity index (χ0n) is 11.8. The van der Waals surface area contributed by atoms with Crippen molar-refractivity contribution in [3.63, 3.8) is 0 Å². The molecular formula is C16H16N2O3. The Kier molecular flexibility index (Phi) is 3.93. The maximum absolute atomic E-state index is 12.2. The number of carbonyl (C=O) groups excluding carboxylic acids is 1. The fourth-order valence-corrected chi connectivity index (χ4v) is 1.96. The number of hydrogen-bond donors (Lipinski definition) is 3. The number of nitrogens with one attached hydrogen (secondary N) is 1. The van der Waals surface area contributed by atoms with E-state index in [1.54, 1.807) is 44.2 Å². The van der Waals surface area contributed by atoms with Gasteiger partial charge in [-0.2, -0.15) is 0 Å². The first kappa shape index (κ1) is 14.6. The number of nitrogens with two attached hydrogens (primary N) is 1. The molecule has 5 nitrogen and oxygen atoms in total. The fourth-order valence-electron chi connectivity index (χ4n) is 1.96. The minimum atomic E-state index is -1.08. The van der Waals surface area contributed by atoms with E-state index in [0.29, 0.717) is 11.3 Å². The average Bonchev–Trinajstić information content (AvgIpc) is 2.43. The zero-order valence-corrected chi connectivity index (χ0v) is 11.8. The summed E-state index contributed by atoms with van der Waals surface area (Å²) in [5, 5.41) is 11.8. The molecule has 0 atom stereocenters. The highest BCUT2D eigenvalue weighted by Crippen LogP contribution is 2.19. The molecule has 0 fully saturated rings. The number of nitrogen functional groups attached to an aromatic ring is 1. The number of amides is 1. The van der Waals surface area contributed by atoms with Crippen molar-refractivity contribution in [1.82, 2.24) is 0 Å². The lowest BCUT2D eigenvalue weighted by atomic mass is 10.1. The SMILES string of the molecule is Cc1ccc(NC(=O)c2ccc(N)c(C)c2)c(C(=O)O)c1. The molecule has 0 aliphatic heterocycles. The maximum Gasteiger partial charge on any atom is 0.337 e. The van der Waals surface area contributed by atoms with Crippen molar-refractivity contribution in [2.24, 2.45) is 0 Å². The Hall–Kier alpha value is -2.82.